The van der Waals surface area contributed by atoms with E-state index in [0.29, 0.717) is 6.54 Å². The van der Waals surface area contributed by atoms with E-state index in [1.165, 1.54) is 11.3 Å². The highest BCUT2D eigenvalue weighted by Crippen LogP contribution is 2.28. The number of rotatable bonds is 5. The van der Waals surface area contributed by atoms with E-state index in [9.17, 15) is 4.79 Å². The van der Waals surface area contributed by atoms with Gasteiger partial charge in [0.25, 0.3) is 0 Å². The van der Waals surface area contributed by atoms with Gasteiger partial charge in [-0.05, 0) is 43.0 Å². The molecule has 3 heterocycles. The molecule has 0 saturated heterocycles. The van der Waals surface area contributed by atoms with Crippen LogP contribution in [0.3, 0.4) is 0 Å². The third-order valence-corrected chi connectivity index (χ3v) is 6.30. The minimum atomic E-state index is -0.0953. The van der Waals surface area contributed by atoms with Crippen molar-refractivity contribution in [1.29, 1.82) is 0 Å². The molecule has 0 saturated carbocycles. The molecule has 0 aliphatic carbocycles. The highest BCUT2D eigenvalue weighted by Gasteiger charge is 2.26. The zero-order valence-electron chi connectivity index (χ0n) is 15.8. The minimum Gasteiger partial charge on any atom is -0.349 e. The van der Waals surface area contributed by atoms with E-state index in [-0.39, 0.29) is 18.0 Å². The van der Waals surface area contributed by atoms with E-state index in [1.807, 2.05) is 6.07 Å². The molecule has 140 valence electrons. The number of carbonyl (C=O) groups is 1. The maximum absolute atomic E-state index is 12.9. The molecule has 2 atom stereocenters. The molecule has 4 rings (SSSR count). The molecule has 0 radical (unpaired) electrons. The molecular formula is C22H25N3OS. The maximum Gasteiger partial charge on any atom is 0.234 e. The molecule has 0 fully saturated rings. The summed E-state index contributed by atoms with van der Waals surface area (Å²) in [6, 6.07) is 16.9. The molecule has 1 aromatic carbocycles. The van der Waals surface area contributed by atoms with Crippen molar-refractivity contribution in [2.45, 2.75) is 32.5 Å². The zero-order chi connectivity index (χ0) is 18.8. The van der Waals surface area contributed by atoms with Gasteiger partial charge in [0.15, 0.2) is 0 Å². The SMILES string of the molecule is Cc1ccc([C@H](NC(=O)CN2CCn3cccc3[C@H]2C)c2cccs2)cc1. The number of nitrogens with zero attached hydrogens (tertiary/aromatic N) is 2. The van der Waals surface area contributed by atoms with Crippen LogP contribution >= 0.6 is 11.3 Å². The van der Waals surface area contributed by atoms with Gasteiger partial charge in [-0.3, -0.25) is 9.69 Å². The standard InChI is InChI=1S/C22H25N3OS/c1-16-7-9-18(10-8-16)22(20-6-4-14-27-20)23-21(26)15-25-13-12-24-11-3-5-19(24)17(25)2/h3-11,14,17,22H,12-13,15H2,1-2H3,(H,23,26)/t17-,22+/m1/s1. The van der Waals surface area contributed by atoms with Crippen molar-refractivity contribution in [1.82, 2.24) is 14.8 Å². The molecule has 0 bridgehead atoms. The predicted molar refractivity (Wildman–Crippen MR) is 110 cm³/mol. The van der Waals surface area contributed by atoms with Gasteiger partial charge in [-0.15, -0.1) is 11.3 Å². The summed E-state index contributed by atoms with van der Waals surface area (Å²) in [6.07, 6.45) is 2.12. The van der Waals surface area contributed by atoms with Crippen molar-refractivity contribution in [2.75, 3.05) is 13.1 Å². The normalized spacial score (nSPS) is 18.1. The summed E-state index contributed by atoms with van der Waals surface area (Å²) < 4.78 is 2.28. The van der Waals surface area contributed by atoms with Crippen molar-refractivity contribution in [3.63, 3.8) is 0 Å². The lowest BCUT2D eigenvalue weighted by Gasteiger charge is -2.34. The van der Waals surface area contributed by atoms with E-state index < -0.39 is 0 Å². The van der Waals surface area contributed by atoms with Crippen LogP contribution < -0.4 is 5.32 Å². The fourth-order valence-corrected chi connectivity index (χ4v) is 4.57. The molecule has 27 heavy (non-hydrogen) atoms. The lowest BCUT2D eigenvalue weighted by molar-refractivity contribution is -0.123. The molecule has 1 N–H and O–H groups in total. The topological polar surface area (TPSA) is 37.3 Å². The van der Waals surface area contributed by atoms with Gasteiger partial charge in [0.2, 0.25) is 5.91 Å². The quantitative estimate of drug-likeness (QED) is 0.723. The molecular weight excluding hydrogens is 354 g/mol. The fraction of sp³-hybridized carbons (Fsp3) is 0.318. The van der Waals surface area contributed by atoms with Gasteiger partial charge in [0, 0.05) is 35.9 Å². The van der Waals surface area contributed by atoms with Crippen LogP contribution in [0.2, 0.25) is 0 Å². The Bertz CT molecular complexity index is 898. The molecule has 1 amide bonds. The number of hydrogen-bond acceptors (Lipinski definition) is 3. The molecule has 1 aliphatic heterocycles. The average Bonchev–Trinajstić information content (AvgIpc) is 3.35. The molecule has 0 unspecified atom stereocenters. The number of hydrogen-bond donors (Lipinski definition) is 1. The van der Waals surface area contributed by atoms with E-state index in [2.05, 4.69) is 82.7 Å². The lowest BCUT2D eigenvalue weighted by Crippen LogP contribution is -2.44. The van der Waals surface area contributed by atoms with Gasteiger partial charge in [-0.2, -0.15) is 0 Å². The first-order chi connectivity index (χ1) is 13.1. The van der Waals surface area contributed by atoms with Gasteiger partial charge in [0.05, 0.1) is 12.6 Å². The van der Waals surface area contributed by atoms with Gasteiger partial charge in [-0.25, -0.2) is 0 Å². The number of fused-ring (bicyclic) bond motifs is 1. The molecule has 3 aromatic rings. The number of thiophene rings is 1. The van der Waals surface area contributed by atoms with E-state index in [0.717, 1.165) is 23.5 Å². The molecule has 5 heteroatoms. The average molecular weight is 380 g/mol. The zero-order valence-corrected chi connectivity index (χ0v) is 16.6. The first-order valence-electron chi connectivity index (χ1n) is 9.40. The van der Waals surface area contributed by atoms with Crippen LogP contribution in [0.1, 0.15) is 40.7 Å². The van der Waals surface area contributed by atoms with Crippen LogP contribution in [0.25, 0.3) is 0 Å². The van der Waals surface area contributed by atoms with Crippen LogP contribution in [-0.2, 0) is 11.3 Å². The van der Waals surface area contributed by atoms with Crippen LogP contribution in [0.4, 0.5) is 0 Å². The number of aromatic nitrogens is 1. The fourth-order valence-electron chi connectivity index (χ4n) is 3.77. The number of aryl methyl sites for hydroxylation is 1. The predicted octanol–water partition coefficient (Wildman–Crippen LogP) is 4.14. The summed E-state index contributed by atoms with van der Waals surface area (Å²) >= 11 is 1.68. The number of carbonyl (C=O) groups excluding carboxylic acids is 1. The van der Waals surface area contributed by atoms with Crippen molar-refractivity contribution in [3.05, 3.63) is 81.8 Å². The monoisotopic (exact) mass is 379 g/mol. The smallest absolute Gasteiger partial charge is 0.234 e. The highest BCUT2D eigenvalue weighted by atomic mass is 32.1. The Balaban J connectivity index is 1.48. The number of amides is 1. The summed E-state index contributed by atoms with van der Waals surface area (Å²) in [5.41, 5.74) is 3.62. The van der Waals surface area contributed by atoms with Crippen LogP contribution in [0.5, 0.6) is 0 Å². The molecule has 4 nitrogen and oxygen atoms in total. The second kappa shape index (κ2) is 7.71. The van der Waals surface area contributed by atoms with Gasteiger partial charge in [-0.1, -0.05) is 35.9 Å². The van der Waals surface area contributed by atoms with Crippen molar-refractivity contribution in [2.24, 2.45) is 0 Å². The third kappa shape index (κ3) is 3.84. The van der Waals surface area contributed by atoms with E-state index in [1.54, 1.807) is 11.3 Å². The van der Waals surface area contributed by atoms with E-state index >= 15 is 0 Å². The summed E-state index contributed by atoms with van der Waals surface area (Å²) in [5, 5.41) is 5.32. The Morgan fingerprint density at radius 1 is 1.19 bits per heavy atom. The Labute approximate surface area is 164 Å². The van der Waals surface area contributed by atoms with Crippen LogP contribution in [-0.4, -0.2) is 28.5 Å². The summed E-state index contributed by atoms with van der Waals surface area (Å²) in [7, 11) is 0. The van der Waals surface area contributed by atoms with Gasteiger partial charge in [0.1, 0.15) is 0 Å². The maximum atomic E-state index is 12.9. The van der Waals surface area contributed by atoms with Crippen molar-refractivity contribution >= 4 is 17.2 Å². The van der Waals surface area contributed by atoms with E-state index in [4.69, 9.17) is 0 Å². The van der Waals surface area contributed by atoms with Gasteiger partial charge < -0.3 is 9.88 Å². The van der Waals surface area contributed by atoms with Crippen LogP contribution in [0, 0.1) is 6.92 Å². The molecule has 0 spiro atoms. The summed E-state index contributed by atoms with van der Waals surface area (Å²) in [5.74, 6) is 0.0702. The Kier molecular flexibility index (Phi) is 5.14. The van der Waals surface area contributed by atoms with Crippen molar-refractivity contribution < 1.29 is 4.79 Å². The number of nitrogens with one attached hydrogen (secondary N) is 1. The second-order valence-corrected chi connectivity index (χ2v) is 8.18. The summed E-state index contributed by atoms with van der Waals surface area (Å²) in [6.45, 7) is 6.50. The first kappa shape index (κ1) is 18.0. The second-order valence-electron chi connectivity index (χ2n) is 7.20. The largest absolute Gasteiger partial charge is 0.349 e. The van der Waals surface area contributed by atoms with Gasteiger partial charge >= 0.3 is 0 Å². The Hall–Kier alpha value is -2.37. The lowest BCUT2D eigenvalue weighted by atomic mass is 10.0. The molecule has 1 aliphatic rings. The van der Waals surface area contributed by atoms with Crippen LogP contribution in [0.15, 0.2) is 60.1 Å². The third-order valence-electron chi connectivity index (χ3n) is 5.36. The molecule has 2 aromatic heterocycles. The summed E-state index contributed by atoms with van der Waals surface area (Å²) in [4.78, 5) is 16.3. The minimum absolute atomic E-state index is 0.0702. The number of benzene rings is 1. The first-order valence-corrected chi connectivity index (χ1v) is 10.3. The Morgan fingerprint density at radius 3 is 2.74 bits per heavy atom. The highest BCUT2D eigenvalue weighted by molar-refractivity contribution is 7.10. The Morgan fingerprint density at radius 2 is 2.00 bits per heavy atom. The van der Waals surface area contributed by atoms with Crippen molar-refractivity contribution in [3.8, 4) is 0 Å².